The second kappa shape index (κ2) is 82.1. The van der Waals surface area contributed by atoms with Crippen LogP contribution in [0.1, 0.15) is 27.7 Å². The van der Waals surface area contributed by atoms with Crippen molar-refractivity contribution in [2.45, 2.75) is 27.7 Å². The zero-order chi connectivity index (χ0) is 13.7. The maximum absolute atomic E-state index is 8.49. The van der Waals surface area contributed by atoms with Crippen LogP contribution in [0.3, 0.4) is 0 Å². The van der Waals surface area contributed by atoms with E-state index >= 15 is 0 Å². The molecule has 3 N–H and O–H groups in total. The lowest BCUT2D eigenvalue weighted by atomic mass is 10.4. The average molecular weight is 215 g/mol. The fraction of sp³-hybridized carbons (Fsp3) is 0.417. The Morgan fingerprint density at radius 3 is 1.53 bits per heavy atom. The van der Waals surface area contributed by atoms with Crippen LogP contribution in [0.4, 0.5) is 0 Å². The van der Waals surface area contributed by atoms with Gasteiger partial charge in [0.25, 0.3) is 0 Å². The van der Waals surface area contributed by atoms with Gasteiger partial charge < -0.3 is 15.6 Å². The molecule has 0 aliphatic rings. The Morgan fingerprint density at radius 1 is 1.20 bits per heavy atom. The highest BCUT2D eigenvalue weighted by atomic mass is 16.3. The Hall–Kier alpha value is -1.53. The molecule has 0 radical (unpaired) electrons. The van der Waals surface area contributed by atoms with Crippen molar-refractivity contribution in [3.63, 3.8) is 0 Å². The molecule has 0 spiro atoms. The zero-order valence-corrected chi connectivity index (χ0v) is 10.5. The van der Waals surface area contributed by atoms with Gasteiger partial charge in [-0.1, -0.05) is 26.0 Å². The number of nitrogens with one attached hydrogen (secondary N) is 1. The van der Waals surface area contributed by atoms with E-state index in [1.165, 1.54) is 0 Å². The summed E-state index contributed by atoms with van der Waals surface area (Å²) >= 11 is 0. The van der Waals surface area contributed by atoms with E-state index in [1.54, 1.807) is 19.1 Å². The van der Waals surface area contributed by atoms with E-state index in [1.807, 2.05) is 26.8 Å². The van der Waals surface area contributed by atoms with Crippen LogP contribution in [-0.4, -0.2) is 24.0 Å². The van der Waals surface area contributed by atoms with Gasteiger partial charge in [0, 0.05) is 7.11 Å². The molecule has 0 unspecified atom stereocenters. The maximum atomic E-state index is 8.49. The van der Waals surface area contributed by atoms with Gasteiger partial charge in [-0.25, -0.2) is 0 Å². The molecule has 0 rings (SSSR count). The van der Waals surface area contributed by atoms with Gasteiger partial charge >= 0.3 is 0 Å². The molecule has 15 heavy (non-hydrogen) atoms. The first-order valence-corrected chi connectivity index (χ1v) is 4.39. The van der Waals surface area contributed by atoms with Gasteiger partial charge in [-0.2, -0.15) is 0 Å². The van der Waals surface area contributed by atoms with Gasteiger partial charge in [-0.3, -0.25) is 0 Å². The molecule has 0 aromatic carbocycles. The third kappa shape index (κ3) is 224. The van der Waals surface area contributed by atoms with Crippen molar-refractivity contribution >= 4 is 6.72 Å². The Balaban J connectivity index is -0.0000000353. The van der Waals surface area contributed by atoms with Crippen molar-refractivity contribution < 1.29 is 10.2 Å². The lowest BCUT2D eigenvalue weighted by molar-refractivity contribution is 0.399. The minimum atomic E-state index is 0.345. The first-order valence-electron chi connectivity index (χ1n) is 4.39. The second-order valence-electron chi connectivity index (χ2n) is 1.33. The highest BCUT2D eigenvalue weighted by molar-refractivity contribution is 5.15. The summed E-state index contributed by atoms with van der Waals surface area (Å²) in [7, 11) is 1.00. The summed E-state index contributed by atoms with van der Waals surface area (Å²) in [4.78, 5) is 0. The monoisotopic (exact) mass is 215 g/mol. The fourth-order valence-electron chi connectivity index (χ4n) is 0.235. The Kier molecular flexibility index (Phi) is 160. The third-order valence-corrected chi connectivity index (χ3v) is 0.530. The topological polar surface area (TPSA) is 64.3 Å². The van der Waals surface area contributed by atoms with Gasteiger partial charge in [-0.05, 0) is 26.6 Å². The van der Waals surface area contributed by atoms with Crippen LogP contribution in [0.25, 0.3) is 0 Å². The summed E-state index contributed by atoms with van der Waals surface area (Å²) in [5.74, 6) is 0.345. The number of aliphatic hydroxyl groups is 2. The standard InChI is InChI=1S/C6H10O.C2H6.C2H2.CH3N.CH4O/c1-3-4-5-6(2)7;4*1-2/h3-5,7H,1-2H3;1-2H3;1-2H;2H,1H2;2H,1H3/b4-3+,6-5-;;;;. The summed E-state index contributed by atoms with van der Waals surface area (Å²) in [5.41, 5.74) is 0. The molecule has 0 fully saturated rings. The van der Waals surface area contributed by atoms with Gasteiger partial charge in [-0.15, -0.1) is 12.8 Å². The van der Waals surface area contributed by atoms with Gasteiger partial charge in [0.15, 0.2) is 0 Å². The number of aliphatic hydroxyl groups excluding tert-OH is 2. The van der Waals surface area contributed by atoms with Crippen molar-refractivity contribution in [2.24, 2.45) is 0 Å². The molecule has 0 atom stereocenters. The summed E-state index contributed by atoms with van der Waals surface area (Å²) in [6.45, 7) is 10.0. The van der Waals surface area contributed by atoms with Crippen LogP contribution in [0.5, 0.6) is 0 Å². The van der Waals surface area contributed by atoms with Gasteiger partial charge in [0.05, 0.1) is 5.76 Å². The predicted molar refractivity (Wildman–Crippen MR) is 70.4 cm³/mol. The summed E-state index contributed by atoms with van der Waals surface area (Å²) in [6, 6.07) is 0. The molecule has 0 saturated heterocycles. The van der Waals surface area contributed by atoms with E-state index in [0.717, 1.165) is 7.11 Å². The van der Waals surface area contributed by atoms with Crippen LogP contribution in [-0.2, 0) is 0 Å². The van der Waals surface area contributed by atoms with Crippen molar-refractivity contribution in [1.82, 2.24) is 0 Å². The van der Waals surface area contributed by atoms with Gasteiger partial charge in [0.2, 0.25) is 0 Å². The first kappa shape index (κ1) is 29.2. The Bertz CT molecular complexity index is 134. The number of hydrogen-bond acceptors (Lipinski definition) is 3. The van der Waals surface area contributed by atoms with E-state index < -0.39 is 0 Å². The molecular formula is C12H25NO2. The van der Waals surface area contributed by atoms with E-state index in [-0.39, 0.29) is 0 Å². The third-order valence-electron chi connectivity index (χ3n) is 0.530. The molecular weight excluding hydrogens is 190 g/mol. The molecule has 0 heterocycles. The van der Waals surface area contributed by atoms with Crippen LogP contribution in [0.15, 0.2) is 24.0 Å². The molecule has 90 valence electrons. The summed E-state index contributed by atoms with van der Waals surface area (Å²) < 4.78 is 0. The van der Waals surface area contributed by atoms with Crippen LogP contribution >= 0.6 is 0 Å². The highest BCUT2D eigenvalue weighted by Gasteiger charge is 1.68. The molecule has 0 bridgehead atoms. The number of rotatable bonds is 1. The van der Waals surface area contributed by atoms with Crippen molar-refractivity contribution in [3.8, 4) is 12.8 Å². The Morgan fingerprint density at radius 2 is 1.47 bits per heavy atom. The summed E-state index contributed by atoms with van der Waals surface area (Å²) in [6.07, 6.45) is 13.3. The van der Waals surface area contributed by atoms with E-state index in [9.17, 15) is 0 Å². The molecule has 3 heteroatoms. The normalized spacial score (nSPS) is 7.33. The van der Waals surface area contributed by atoms with E-state index in [0.29, 0.717) is 5.76 Å². The molecule has 3 nitrogen and oxygen atoms in total. The number of allylic oxidation sites excluding steroid dienone is 4. The molecule has 0 aliphatic heterocycles. The molecule has 0 aromatic heterocycles. The minimum absolute atomic E-state index is 0.345. The minimum Gasteiger partial charge on any atom is -0.513 e. The maximum Gasteiger partial charge on any atom is 0.0891 e. The van der Waals surface area contributed by atoms with Crippen molar-refractivity contribution in [3.05, 3.63) is 24.0 Å². The zero-order valence-electron chi connectivity index (χ0n) is 10.5. The summed E-state index contributed by atoms with van der Waals surface area (Å²) in [5, 5.41) is 21.0. The fourth-order valence-corrected chi connectivity index (χ4v) is 0.235. The van der Waals surface area contributed by atoms with E-state index in [2.05, 4.69) is 19.6 Å². The second-order valence-corrected chi connectivity index (χ2v) is 1.33. The average Bonchev–Trinajstić information content (AvgIpc) is 2.36. The molecule has 0 saturated carbocycles. The van der Waals surface area contributed by atoms with Gasteiger partial charge in [0.1, 0.15) is 0 Å². The van der Waals surface area contributed by atoms with Crippen LogP contribution in [0, 0.1) is 18.3 Å². The van der Waals surface area contributed by atoms with Crippen molar-refractivity contribution in [2.75, 3.05) is 7.11 Å². The van der Waals surface area contributed by atoms with E-state index in [4.69, 9.17) is 15.6 Å². The lowest BCUT2D eigenvalue weighted by Gasteiger charge is -1.78. The number of terminal acetylenes is 1. The van der Waals surface area contributed by atoms with Crippen molar-refractivity contribution in [1.29, 1.82) is 5.41 Å². The highest BCUT2D eigenvalue weighted by Crippen LogP contribution is 1.83. The molecule has 0 aliphatic carbocycles. The van der Waals surface area contributed by atoms with Crippen LogP contribution in [0.2, 0.25) is 0 Å². The predicted octanol–water partition coefficient (Wildman–Crippen LogP) is 3.17. The smallest absolute Gasteiger partial charge is 0.0891 e. The largest absolute Gasteiger partial charge is 0.513 e. The lowest BCUT2D eigenvalue weighted by Crippen LogP contribution is -1.63. The molecule has 0 amide bonds. The first-order chi connectivity index (χ1) is 7.27. The van der Waals surface area contributed by atoms with Crippen LogP contribution < -0.4 is 0 Å². The number of hydrogen-bond donors (Lipinski definition) is 3. The SMILES string of the molecule is C#C.C/C=C/C=C(/C)O.C=N.CC.CO. The molecule has 0 aromatic rings. The Labute approximate surface area is 94.7 Å². The quantitative estimate of drug-likeness (QED) is 0.272.